The molecule has 0 bridgehead atoms. The van der Waals surface area contributed by atoms with Crippen molar-refractivity contribution in [3.8, 4) is 6.01 Å². The highest BCUT2D eigenvalue weighted by Crippen LogP contribution is 2.17. The van der Waals surface area contributed by atoms with Gasteiger partial charge in [0.2, 0.25) is 0 Å². The predicted molar refractivity (Wildman–Crippen MR) is 78.0 cm³/mol. The summed E-state index contributed by atoms with van der Waals surface area (Å²) < 4.78 is 18.4. The first kappa shape index (κ1) is 14.4. The molecule has 6 heteroatoms. The highest BCUT2D eigenvalue weighted by molar-refractivity contribution is 5.94. The molecule has 22 heavy (non-hydrogen) atoms. The van der Waals surface area contributed by atoms with Gasteiger partial charge in [-0.15, -0.1) is 0 Å². The number of hydrogen-bond donors (Lipinski definition) is 0. The van der Waals surface area contributed by atoms with Gasteiger partial charge in [-0.2, -0.15) is 0 Å². The Hall–Kier alpha value is -2.50. The molecule has 2 aromatic rings. The van der Waals surface area contributed by atoms with Crippen molar-refractivity contribution in [2.24, 2.45) is 0 Å². The fourth-order valence-electron chi connectivity index (χ4n) is 2.49. The van der Waals surface area contributed by atoms with Crippen LogP contribution in [-0.4, -0.2) is 40.0 Å². The number of hydrogen-bond acceptors (Lipinski definition) is 4. The number of nitrogens with zero attached hydrogens (tertiary/aromatic N) is 3. The number of rotatable bonds is 3. The Balaban J connectivity index is 1.64. The van der Waals surface area contributed by atoms with Crippen LogP contribution in [0.25, 0.3) is 0 Å². The number of amides is 1. The van der Waals surface area contributed by atoms with Crippen LogP contribution in [0.2, 0.25) is 0 Å². The molecule has 0 radical (unpaired) electrons. The molecule has 1 aliphatic heterocycles. The fraction of sp³-hybridized carbons (Fsp3) is 0.312. The van der Waals surface area contributed by atoms with Crippen LogP contribution in [0.4, 0.5) is 4.39 Å². The van der Waals surface area contributed by atoms with Crippen LogP contribution < -0.4 is 4.74 Å². The van der Waals surface area contributed by atoms with Gasteiger partial charge in [0.1, 0.15) is 6.10 Å². The molecule has 1 amide bonds. The van der Waals surface area contributed by atoms with Gasteiger partial charge < -0.3 is 9.64 Å². The summed E-state index contributed by atoms with van der Waals surface area (Å²) >= 11 is 0. The van der Waals surface area contributed by atoms with Crippen molar-refractivity contribution in [3.63, 3.8) is 0 Å². The van der Waals surface area contributed by atoms with E-state index in [1.807, 2.05) is 18.2 Å². The number of carbonyl (C=O) groups is 1. The summed E-state index contributed by atoms with van der Waals surface area (Å²) in [5, 5.41) is 0. The van der Waals surface area contributed by atoms with Crippen molar-refractivity contribution in [1.29, 1.82) is 0 Å². The monoisotopic (exact) mass is 301 g/mol. The highest BCUT2D eigenvalue weighted by Gasteiger charge is 2.26. The fourth-order valence-corrected chi connectivity index (χ4v) is 2.49. The van der Waals surface area contributed by atoms with Gasteiger partial charge in [-0.25, -0.2) is 14.4 Å². The van der Waals surface area contributed by atoms with Crippen molar-refractivity contribution in [3.05, 3.63) is 54.1 Å². The molecule has 1 unspecified atom stereocenters. The van der Waals surface area contributed by atoms with Crippen molar-refractivity contribution in [1.82, 2.24) is 14.9 Å². The molecule has 3 rings (SSSR count). The average molecular weight is 301 g/mol. The number of likely N-dealkylation sites (tertiary alicyclic amines) is 1. The molecule has 1 aromatic heterocycles. The van der Waals surface area contributed by atoms with E-state index in [-0.39, 0.29) is 18.0 Å². The topological polar surface area (TPSA) is 55.3 Å². The van der Waals surface area contributed by atoms with E-state index in [9.17, 15) is 9.18 Å². The Morgan fingerprint density at radius 2 is 1.95 bits per heavy atom. The first-order valence-corrected chi connectivity index (χ1v) is 7.21. The quantitative estimate of drug-likeness (QED) is 0.873. The smallest absolute Gasteiger partial charge is 0.316 e. The van der Waals surface area contributed by atoms with Gasteiger partial charge in [-0.1, -0.05) is 18.2 Å². The van der Waals surface area contributed by atoms with Gasteiger partial charge >= 0.3 is 6.01 Å². The number of piperidine rings is 1. The molecule has 0 aliphatic carbocycles. The van der Waals surface area contributed by atoms with Crippen molar-refractivity contribution in [2.45, 2.75) is 18.9 Å². The summed E-state index contributed by atoms with van der Waals surface area (Å²) in [6, 6.07) is 9.31. The summed E-state index contributed by atoms with van der Waals surface area (Å²) in [6.07, 6.45) is 3.63. The van der Waals surface area contributed by atoms with E-state index in [1.165, 1.54) is 0 Å². The molecular weight excluding hydrogens is 285 g/mol. The van der Waals surface area contributed by atoms with E-state index in [2.05, 4.69) is 9.97 Å². The molecule has 0 saturated carbocycles. The van der Waals surface area contributed by atoms with Gasteiger partial charge in [0.25, 0.3) is 5.91 Å². The highest BCUT2D eigenvalue weighted by atomic mass is 19.1. The average Bonchev–Trinajstić information content (AvgIpc) is 2.57. The molecule has 1 saturated heterocycles. The first-order chi connectivity index (χ1) is 10.7. The Bertz CT molecular complexity index is 634. The molecule has 0 N–H and O–H groups in total. The maximum atomic E-state index is 12.8. The van der Waals surface area contributed by atoms with Gasteiger partial charge in [0.15, 0.2) is 5.82 Å². The van der Waals surface area contributed by atoms with Crippen LogP contribution in [0, 0.1) is 5.82 Å². The van der Waals surface area contributed by atoms with E-state index in [1.54, 1.807) is 17.0 Å². The minimum Gasteiger partial charge on any atom is -0.458 e. The summed E-state index contributed by atoms with van der Waals surface area (Å²) in [5.41, 5.74) is 0.668. The lowest BCUT2D eigenvalue weighted by Gasteiger charge is -2.32. The second-order valence-electron chi connectivity index (χ2n) is 5.18. The molecule has 1 aliphatic rings. The Morgan fingerprint density at radius 3 is 2.68 bits per heavy atom. The maximum absolute atomic E-state index is 12.8. The lowest BCUT2D eigenvalue weighted by Crippen LogP contribution is -2.44. The predicted octanol–water partition coefficient (Wildman–Crippen LogP) is 2.30. The zero-order valence-electron chi connectivity index (χ0n) is 12.0. The van der Waals surface area contributed by atoms with Crippen molar-refractivity contribution in [2.75, 3.05) is 13.1 Å². The standard InChI is InChI=1S/C16H16FN3O2/c17-13-9-18-16(19-10-13)22-14-7-4-8-20(11-14)15(21)12-5-2-1-3-6-12/h1-3,5-6,9-10,14H,4,7-8,11H2. The third kappa shape index (κ3) is 3.39. The van der Waals surface area contributed by atoms with Crippen molar-refractivity contribution < 1.29 is 13.9 Å². The van der Waals surface area contributed by atoms with Gasteiger partial charge in [0, 0.05) is 12.1 Å². The minimum absolute atomic E-state index is 0.00563. The van der Waals surface area contributed by atoms with Crippen LogP contribution >= 0.6 is 0 Å². The summed E-state index contributed by atoms with van der Waals surface area (Å²) in [6.45, 7) is 1.19. The van der Waals surface area contributed by atoms with Crippen LogP contribution in [0.15, 0.2) is 42.7 Å². The van der Waals surface area contributed by atoms with Crippen molar-refractivity contribution >= 4 is 5.91 Å². The normalized spacial score (nSPS) is 18.0. The number of halogens is 1. The molecule has 1 fully saturated rings. The Kier molecular flexibility index (Phi) is 4.27. The van der Waals surface area contributed by atoms with Crippen LogP contribution in [-0.2, 0) is 0 Å². The van der Waals surface area contributed by atoms with Crippen LogP contribution in [0.1, 0.15) is 23.2 Å². The molecule has 2 heterocycles. The zero-order chi connectivity index (χ0) is 15.4. The van der Waals surface area contributed by atoms with E-state index < -0.39 is 5.82 Å². The number of ether oxygens (including phenoxy) is 1. The van der Waals surface area contributed by atoms with E-state index >= 15 is 0 Å². The Morgan fingerprint density at radius 1 is 1.23 bits per heavy atom. The summed E-state index contributed by atoms with van der Waals surface area (Å²) in [5.74, 6) is -0.509. The van der Waals surface area contributed by atoms with E-state index in [4.69, 9.17) is 4.74 Å². The SMILES string of the molecule is O=C(c1ccccc1)N1CCCC(Oc2ncc(F)cn2)C1. The molecule has 1 atom stereocenters. The molecular formula is C16H16FN3O2. The number of benzene rings is 1. The van der Waals surface area contributed by atoms with Crippen LogP contribution in [0.3, 0.4) is 0 Å². The number of aromatic nitrogens is 2. The molecule has 114 valence electrons. The Labute approximate surface area is 127 Å². The third-order valence-electron chi connectivity index (χ3n) is 3.55. The van der Waals surface area contributed by atoms with Gasteiger partial charge in [-0.3, -0.25) is 4.79 Å². The maximum Gasteiger partial charge on any atom is 0.316 e. The second-order valence-corrected chi connectivity index (χ2v) is 5.18. The molecule has 0 spiro atoms. The molecule has 1 aromatic carbocycles. The lowest BCUT2D eigenvalue weighted by molar-refractivity contribution is 0.0515. The molecule has 5 nitrogen and oxygen atoms in total. The second kappa shape index (κ2) is 6.51. The third-order valence-corrected chi connectivity index (χ3v) is 3.55. The minimum atomic E-state index is -0.503. The van der Waals surface area contributed by atoms with Crippen LogP contribution in [0.5, 0.6) is 6.01 Å². The lowest BCUT2D eigenvalue weighted by atomic mass is 10.1. The first-order valence-electron chi connectivity index (χ1n) is 7.21. The van der Waals surface area contributed by atoms with E-state index in [0.29, 0.717) is 18.7 Å². The van der Waals surface area contributed by atoms with Gasteiger partial charge in [0.05, 0.1) is 18.9 Å². The largest absolute Gasteiger partial charge is 0.458 e. The number of carbonyl (C=O) groups excluding carboxylic acids is 1. The van der Waals surface area contributed by atoms with E-state index in [0.717, 1.165) is 25.2 Å². The van der Waals surface area contributed by atoms with Gasteiger partial charge in [-0.05, 0) is 25.0 Å². The summed E-state index contributed by atoms with van der Waals surface area (Å²) in [7, 11) is 0. The zero-order valence-corrected chi connectivity index (χ0v) is 12.0. The summed E-state index contributed by atoms with van der Waals surface area (Å²) in [4.78, 5) is 21.8.